The first kappa shape index (κ1) is 15.6. The highest BCUT2D eigenvalue weighted by atomic mass is 32.2. The number of carbonyl (C=O) groups excluding carboxylic acids is 1. The van der Waals surface area contributed by atoms with Crippen molar-refractivity contribution in [3.8, 4) is 0 Å². The van der Waals surface area contributed by atoms with Gasteiger partial charge >= 0.3 is 0 Å². The fourth-order valence-electron chi connectivity index (χ4n) is 1.98. The average molecular weight is 300 g/mol. The van der Waals surface area contributed by atoms with Gasteiger partial charge in [-0.05, 0) is 56.2 Å². The summed E-state index contributed by atoms with van der Waals surface area (Å²) in [5, 5.41) is 3.00. The Labute approximate surface area is 130 Å². The summed E-state index contributed by atoms with van der Waals surface area (Å²) in [5.74, 6) is 0.0105. The quantitative estimate of drug-likeness (QED) is 0.854. The summed E-state index contributed by atoms with van der Waals surface area (Å²) < 4.78 is 2.03. The molecule has 0 fully saturated rings. The number of carbonyl (C=O) groups is 1. The monoisotopic (exact) mass is 300 g/mol. The highest BCUT2D eigenvalue weighted by molar-refractivity contribution is 7.97. The molecule has 4 heteroatoms. The Kier molecular flexibility index (Phi) is 5.42. The molecule has 2 aromatic carbocycles. The maximum Gasteiger partial charge on any atom is 0.228 e. The zero-order chi connectivity index (χ0) is 15.2. The van der Waals surface area contributed by atoms with Crippen LogP contribution in [-0.4, -0.2) is 24.3 Å². The third-order valence-electron chi connectivity index (χ3n) is 2.98. The summed E-state index contributed by atoms with van der Waals surface area (Å²) >= 11 is 1.63. The van der Waals surface area contributed by atoms with Crippen LogP contribution in [-0.2, 0) is 11.2 Å². The van der Waals surface area contributed by atoms with Gasteiger partial charge in [-0.25, -0.2) is 0 Å². The molecule has 0 heterocycles. The highest BCUT2D eigenvalue weighted by Crippen LogP contribution is 2.25. The van der Waals surface area contributed by atoms with E-state index in [1.165, 1.54) is 0 Å². The van der Waals surface area contributed by atoms with E-state index >= 15 is 0 Å². The summed E-state index contributed by atoms with van der Waals surface area (Å²) in [4.78, 5) is 13.3. The van der Waals surface area contributed by atoms with Gasteiger partial charge < -0.3 is 5.32 Å². The number of nitrogens with one attached hydrogen (secondary N) is 1. The lowest BCUT2D eigenvalue weighted by atomic mass is 10.1. The van der Waals surface area contributed by atoms with Crippen molar-refractivity contribution in [2.45, 2.75) is 18.2 Å². The number of benzene rings is 2. The molecular formula is C17H20N2OS. The van der Waals surface area contributed by atoms with E-state index in [0.29, 0.717) is 6.42 Å². The third kappa shape index (κ3) is 4.92. The van der Waals surface area contributed by atoms with Crippen molar-refractivity contribution >= 4 is 23.5 Å². The van der Waals surface area contributed by atoms with Crippen LogP contribution in [0, 0.1) is 6.92 Å². The summed E-state index contributed by atoms with van der Waals surface area (Å²) in [7, 11) is 4.00. The van der Waals surface area contributed by atoms with Gasteiger partial charge in [-0.3, -0.25) is 9.10 Å². The molecule has 0 aliphatic rings. The van der Waals surface area contributed by atoms with E-state index in [0.717, 1.165) is 21.7 Å². The normalized spacial score (nSPS) is 10.7. The molecule has 0 aliphatic carbocycles. The first-order valence-electron chi connectivity index (χ1n) is 6.84. The summed E-state index contributed by atoms with van der Waals surface area (Å²) in [6.45, 7) is 2.00. The Morgan fingerprint density at radius 2 is 1.86 bits per heavy atom. The Balaban J connectivity index is 2.06. The second-order valence-electron chi connectivity index (χ2n) is 5.09. The van der Waals surface area contributed by atoms with Crippen molar-refractivity contribution in [1.82, 2.24) is 4.31 Å². The van der Waals surface area contributed by atoms with E-state index in [4.69, 9.17) is 0 Å². The highest BCUT2D eigenvalue weighted by Gasteiger charge is 2.07. The lowest BCUT2D eigenvalue weighted by Gasteiger charge is -2.13. The Hall–Kier alpha value is -1.78. The van der Waals surface area contributed by atoms with Crippen molar-refractivity contribution < 1.29 is 4.79 Å². The number of aryl methyl sites for hydroxylation is 1. The molecule has 0 saturated heterocycles. The van der Waals surface area contributed by atoms with Gasteiger partial charge in [0.25, 0.3) is 0 Å². The van der Waals surface area contributed by atoms with Crippen molar-refractivity contribution in [2.75, 3.05) is 19.4 Å². The number of amides is 1. The predicted molar refractivity (Wildman–Crippen MR) is 89.5 cm³/mol. The van der Waals surface area contributed by atoms with Crippen LogP contribution in [0.2, 0.25) is 0 Å². The molecule has 0 aromatic heterocycles. The molecule has 0 saturated carbocycles. The zero-order valence-corrected chi connectivity index (χ0v) is 13.4. The number of rotatable bonds is 5. The maximum absolute atomic E-state index is 12.1. The van der Waals surface area contributed by atoms with Gasteiger partial charge in [-0.2, -0.15) is 0 Å². The standard InChI is InChI=1S/C17H20N2OS/c1-13-9-10-15(21-19(2)3)12-16(13)18-17(20)11-14-7-5-4-6-8-14/h4-10,12H,11H2,1-3H3,(H,18,20). The van der Waals surface area contributed by atoms with Crippen LogP contribution in [0.4, 0.5) is 5.69 Å². The van der Waals surface area contributed by atoms with Crippen molar-refractivity contribution in [3.05, 3.63) is 59.7 Å². The van der Waals surface area contributed by atoms with Gasteiger partial charge in [0, 0.05) is 10.6 Å². The van der Waals surface area contributed by atoms with E-state index in [1.54, 1.807) is 11.9 Å². The number of nitrogens with zero attached hydrogens (tertiary/aromatic N) is 1. The van der Waals surface area contributed by atoms with E-state index < -0.39 is 0 Å². The van der Waals surface area contributed by atoms with E-state index in [1.807, 2.05) is 67.8 Å². The van der Waals surface area contributed by atoms with Crippen LogP contribution in [0.5, 0.6) is 0 Å². The van der Waals surface area contributed by atoms with Crippen LogP contribution in [0.25, 0.3) is 0 Å². The Morgan fingerprint density at radius 3 is 2.52 bits per heavy atom. The molecule has 1 N–H and O–H groups in total. The largest absolute Gasteiger partial charge is 0.326 e. The zero-order valence-electron chi connectivity index (χ0n) is 12.6. The molecule has 1 amide bonds. The van der Waals surface area contributed by atoms with E-state index in [-0.39, 0.29) is 5.91 Å². The van der Waals surface area contributed by atoms with Gasteiger partial charge in [0.1, 0.15) is 0 Å². The van der Waals surface area contributed by atoms with Crippen LogP contribution >= 0.6 is 11.9 Å². The molecule has 21 heavy (non-hydrogen) atoms. The van der Waals surface area contributed by atoms with Crippen LogP contribution in [0.15, 0.2) is 53.4 Å². The van der Waals surface area contributed by atoms with Crippen molar-refractivity contribution in [2.24, 2.45) is 0 Å². The average Bonchev–Trinajstić information content (AvgIpc) is 2.43. The smallest absolute Gasteiger partial charge is 0.228 e. The summed E-state index contributed by atoms with van der Waals surface area (Å²) in [6.07, 6.45) is 0.394. The molecule has 2 aromatic rings. The van der Waals surface area contributed by atoms with Crippen LogP contribution in [0.1, 0.15) is 11.1 Å². The molecule has 0 aliphatic heterocycles. The first-order chi connectivity index (χ1) is 10.0. The molecular weight excluding hydrogens is 280 g/mol. The molecule has 0 radical (unpaired) electrons. The van der Waals surface area contributed by atoms with E-state index in [9.17, 15) is 4.79 Å². The minimum atomic E-state index is 0.0105. The van der Waals surface area contributed by atoms with Gasteiger partial charge in [0.2, 0.25) is 5.91 Å². The van der Waals surface area contributed by atoms with Crippen LogP contribution < -0.4 is 5.32 Å². The van der Waals surface area contributed by atoms with Gasteiger partial charge in [-0.1, -0.05) is 36.4 Å². The second-order valence-corrected chi connectivity index (χ2v) is 6.48. The molecule has 2 rings (SSSR count). The van der Waals surface area contributed by atoms with Gasteiger partial charge in [0.15, 0.2) is 0 Å². The lowest BCUT2D eigenvalue weighted by Crippen LogP contribution is -2.15. The van der Waals surface area contributed by atoms with Gasteiger partial charge in [-0.15, -0.1) is 0 Å². The SMILES string of the molecule is Cc1ccc(SN(C)C)cc1NC(=O)Cc1ccccc1. The number of hydrogen-bond acceptors (Lipinski definition) is 3. The topological polar surface area (TPSA) is 32.3 Å². The molecule has 0 bridgehead atoms. The Morgan fingerprint density at radius 1 is 1.14 bits per heavy atom. The summed E-state index contributed by atoms with van der Waals surface area (Å²) in [6, 6.07) is 15.9. The van der Waals surface area contributed by atoms with Gasteiger partial charge in [0.05, 0.1) is 6.42 Å². The maximum atomic E-state index is 12.1. The summed E-state index contributed by atoms with van der Waals surface area (Å²) in [5.41, 5.74) is 2.97. The van der Waals surface area contributed by atoms with Crippen molar-refractivity contribution in [1.29, 1.82) is 0 Å². The molecule has 0 atom stereocenters. The molecule has 110 valence electrons. The molecule has 3 nitrogen and oxygen atoms in total. The lowest BCUT2D eigenvalue weighted by molar-refractivity contribution is -0.115. The first-order valence-corrected chi connectivity index (χ1v) is 7.61. The Bertz CT molecular complexity index is 611. The predicted octanol–water partition coefficient (Wildman–Crippen LogP) is 3.74. The fraction of sp³-hybridized carbons (Fsp3) is 0.235. The number of hydrogen-bond donors (Lipinski definition) is 1. The molecule has 0 spiro atoms. The second kappa shape index (κ2) is 7.29. The minimum absolute atomic E-state index is 0.0105. The fourth-order valence-corrected chi connectivity index (χ4v) is 2.70. The molecule has 0 unspecified atom stereocenters. The van der Waals surface area contributed by atoms with E-state index in [2.05, 4.69) is 11.4 Å². The van der Waals surface area contributed by atoms with Crippen molar-refractivity contribution in [3.63, 3.8) is 0 Å². The van der Waals surface area contributed by atoms with Crippen LogP contribution in [0.3, 0.4) is 0 Å². The number of anilines is 1. The third-order valence-corrected chi connectivity index (χ3v) is 3.81. The minimum Gasteiger partial charge on any atom is -0.326 e.